The summed E-state index contributed by atoms with van der Waals surface area (Å²) in [5.74, 6) is 0.996. The van der Waals surface area contributed by atoms with Gasteiger partial charge in [0.05, 0.1) is 0 Å². The zero-order chi connectivity index (χ0) is 17.4. The number of aromatic nitrogens is 3. The summed E-state index contributed by atoms with van der Waals surface area (Å²) >= 11 is 3.53. The second kappa shape index (κ2) is 6.33. The SMILES string of the molecule is Cc1[c]c(C)n(-c2cccc(Br)c2)c1-c1nnc(-c2ccccc2)o1. The Kier molecular flexibility index (Phi) is 4.01. The van der Waals surface area contributed by atoms with Crippen molar-refractivity contribution in [3.63, 3.8) is 0 Å². The van der Waals surface area contributed by atoms with Crippen LogP contribution in [0.25, 0.3) is 28.7 Å². The van der Waals surface area contributed by atoms with Crippen molar-refractivity contribution in [1.82, 2.24) is 14.8 Å². The molecule has 0 aliphatic rings. The molecule has 2 aromatic carbocycles. The van der Waals surface area contributed by atoms with E-state index >= 15 is 0 Å². The molecule has 25 heavy (non-hydrogen) atoms. The van der Waals surface area contributed by atoms with E-state index in [4.69, 9.17) is 4.42 Å². The van der Waals surface area contributed by atoms with Crippen molar-refractivity contribution in [3.05, 3.63) is 76.4 Å². The van der Waals surface area contributed by atoms with Crippen molar-refractivity contribution >= 4 is 15.9 Å². The molecule has 0 saturated heterocycles. The van der Waals surface area contributed by atoms with E-state index in [9.17, 15) is 0 Å². The van der Waals surface area contributed by atoms with Gasteiger partial charge in [0.25, 0.3) is 5.89 Å². The van der Waals surface area contributed by atoms with Gasteiger partial charge in [-0.1, -0.05) is 40.2 Å². The van der Waals surface area contributed by atoms with Gasteiger partial charge in [-0.05, 0) is 49.7 Å². The van der Waals surface area contributed by atoms with Crippen LogP contribution in [0.2, 0.25) is 0 Å². The average Bonchev–Trinajstić information content (AvgIpc) is 3.19. The van der Waals surface area contributed by atoms with Crippen LogP contribution in [0.3, 0.4) is 0 Å². The molecule has 0 spiro atoms. The maximum absolute atomic E-state index is 5.97. The molecule has 0 N–H and O–H groups in total. The minimum atomic E-state index is 0.487. The van der Waals surface area contributed by atoms with Crippen LogP contribution in [-0.2, 0) is 0 Å². The molecular formula is C20H15BrN3O. The summed E-state index contributed by atoms with van der Waals surface area (Å²) in [6.45, 7) is 4.02. The van der Waals surface area contributed by atoms with Crippen LogP contribution in [0.5, 0.6) is 0 Å². The number of nitrogens with zero attached hydrogens (tertiary/aromatic N) is 3. The highest BCUT2D eigenvalue weighted by atomic mass is 79.9. The Morgan fingerprint density at radius 1 is 0.960 bits per heavy atom. The summed E-state index contributed by atoms with van der Waals surface area (Å²) < 4.78 is 9.06. The molecule has 0 aliphatic heterocycles. The van der Waals surface area contributed by atoms with Crippen molar-refractivity contribution in [1.29, 1.82) is 0 Å². The Bertz CT molecular complexity index is 1030. The summed E-state index contributed by atoms with van der Waals surface area (Å²) in [6, 6.07) is 21.2. The summed E-state index contributed by atoms with van der Waals surface area (Å²) in [5.41, 5.74) is 4.75. The second-order valence-corrected chi connectivity index (χ2v) is 6.69. The standard InChI is InChI=1S/C20H15BrN3O/c1-13-11-14(2)24(17-10-6-9-16(21)12-17)18(13)20-23-22-19(25-20)15-7-4-3-5-8-15/h3-10,12H,1-2H3. The van der Waals surface area contributed by atoms with Gasteiger partial charge in [0.15, 0.2) is 0 Å². The second-order valence-electron chi connectivity index (χ2n) is 5.78. The molecule has 0 bridgehead atoms. The third-order valence-electron chi connectivity index (χ3n) is 4.00. The quantitative estimate of drug-likeness (QED) is 0.470. The highest BCUT2D eigenvalue weighted by Gasteiger charge is 2.20. The van der Waals surface area contributed by atoms with Crippen molar-refractivity contribution in [2.24, 2.45) is 0 Å². The Morgan fingerprint density at radius 3 is 2.48 bits per heavy atom. The lowest BCUT2D eigenvalue weighted by Gasteiger charge is -2.10. The zero-order valence-corrected chi connectivity index (χ0v) is 15.4. The number of hydrogen-bond donors (Lipinski definition) is 0. The molecule has 4 aromatic rings. The van der Waals surface area contributed by atoms with Crippen molar-refractivity contribution in [2.45, 2.75) is 13.8 Å². The number of benzene rings is 2. The predicted molar refractivity (Wildman–Crippen MR) is 101 cm³/mol. The van der Waals surface area contributed by atoms with Gasteiger partial charge < -0.3 is 8.98 Å². The first-order valence-electron chi connectivity index (χ1n) is 7.90. The summed E-state index contributed by atoms with van der Waals surface area (Å²) in [7, 11) is 0. The number of hydrogen-bond acceptors (Lipinski definition) is 3. The van der Waals surface area contributed by atoms with E-state index in [0.717, 1.165) is 32.7 Å². The molecule has 2 aromatic heterocycles. The highest BCUT2D eigenvalue weighted by molar-refractivity contribution is 9.10. The number of aryl methyl sites for hydroxylation is 2. The Labute approximate surface area is 154 Å². The number of rotatable bonds is 3. The van der Waals surface area contributed by atoms with Crippen LogP contribution in [0, 0.1) is 19.9 Å². The van der Waals surface area contributed by atoms with E-state index < -0.39 is 0 Å². The third-order valence-corrected chi connectivity index (χ3v) is 4.49. The van der Waals surface area contributed by atoms with Crippen molar-refractivity contribution in [2.75, 3.05) is 0 Å². The summed E-state index contributed by atoms with van der Waals surface area (Å²) in [6.07, 6.45) is 0. The largest absolute Gasteiger partial charge is 0.415 e. The van der Waals surface area contributed by atoms with Crippen LogP contribution < -0.4 is 0 Å². The first-order valence-corrected chi connectivity index (χ1v) is 8.69. The Morgan fingerprint density at radius 2 is 1.72 bits per heavy atom. The molecule has 0 unspecified atom stereocenters. The molecule has 0 atom stereocenters. The lowest BCUT2D eigenvalue weighted by atomic mass is 10.2. The van der Waals surface area contributed by atoms with Crippen molar-refractivity contribution in [3.8, 4) is 28.7 Å². The maximum Gasteiger partial charge on any atom is 0.265 e. The lowest BCUT2D eigenvalue weighted by molar-refractivity contribution is 0.580. The van der Waals surface area contributed by atoms with Gasteiger partial charge in [-0.3, -0.25) is 0 Å². The topological polar surface area (TPSA) is 43.9 Å². The zero-order valence-electron chi connectivity index (χ0n) is 13.8. The van der Waals surface area contributed by atoms with Crippen LogP contribution in [0.1, 0.15) is 11.3 Å². The molecule has 4 nitrogen and oxygen atoms in total. The minimum Gasteiger partial charge on any atom is -0.415 e. The fraction of sp³-hybridized carbons (Fsp3) is 0.100. The van der Waals surface area contributed by atoms with E-state index in [1.54, 1.807) is 0 Å². The van der Waals surface area contributed by atoms with Crippen LogP contribution in [0.15, 0.2) is 63.5 Å². The van der Waals surface area contributed by atoms with Crippen LogP contribution in [0.4, 0.5) is 0 Å². The van der Waals surface area contributed by atoms with Crippen LogP contribution in [-0.4, -0.2) is 14.8 Å². The molecule has 1 radical (unpaired) electrons. The molecule has 0 amide bonds. The van der Waals surface area contributed by atoms with Crippen LogP contribution >= 0.6 is 15.9 Å². The third kappa shape index (κ3) is 2.91. The molecule has 0 aliphatic carbocycles. The van der Waals surface area contributed by atoms with Gasteiger partial charge in [-0.15, -0.1) is 10.2 Å². The smallest absolute Gasteiger partial charge is 0.265 e. The minimum absolute atomic E-state index is 0.487. The van der Waals surface area contributed by atoms with Gasteiger partial charge in [0.1, 0.15) is 5.69 Å². The van der Waals surface area contributed by atoms with Gasteiger partial charge >= 0.3 is 0 Å². The molecular weight excluding hydrogens is 378 g/mol. The normalized spacial score (nSPS) is 11.0. The Hall–Kier alpha value is -2.66. The average molecular weight is 393 g/mol. The van der Waals surface area contributed by atoms with Gasteiger partial charge in [-0.2, -0.15) is 0 Å². The monoisotopic (exact) mass is 392 g/mol. The predicted octanol–water partition coefficient (Wildman–Crippen LogP) is 5.37. The fourth-order valence-electron chi connectivity index (χ4n) is 2.93. The molecule has 123 valence electrons. The fourth-order valence-corrected chi connectivity index (χ4v) is 3.32. The lowest BCUT2D eigenvalue weighted by Crippen LogP contribution is -1.99. The molecule has 5 heteroatoms. The van der Waals surface area contributed by atoms with Gasteiger partial charge in [0, 0.05) is 27.5 Å². The van der Waals surface area contributed by atoms with Crippen molar-refractivity contribution < 1.29 is 4.42 Å². The molecule has 4 rings (SSSR count). The van der Waals surface area contributed by atoms with E-state index in [2.05, 4.69) is 42.8 Å². The van der Waals surface area contributed by atoms with Gasteiger partial charge in [-0.25, -0.2) is 0 Å². The van der Waals surface area contributed by atoms with E-state index in [-0.39, 0.29) is 0 Å². The molecule has 0 fully saturated rings. The highest BCUT2D eigenvalue weighted by Crippen LogP contribution is 2.31. The molecule has 0 saturated carbocycles. The first-order chi connectivity index (χ1) is 12.1. The summed E-state index contributed by atoms with van der Waals surface area (Å²) in [4.78, 5) is 0. The Balaban J connectivity index is 1.86. The molecule has 2 heterocycles. The maximum atomic E-state index is 5.97. The number of halogens is 1. The first kappa shape index (κ1) is 15.8. The summed E-state index contributed by atoms with van der Waals surface area (Å²) in [5, 5.41) is 8.49. The van der Waals surface area contributed by atoms with Gasteiger partial charge in [0.2, 0.25) is 5.89 Å². The van der Waals surface area contributed by atoms with E-state index in [0.29, 0.717) is 11.8 Å². The van der Waals surface area contributed by atoms with E-state index in [1.807, 2.05) is 62.4 Å². The van der Waals surface area contributed by atoms with E-state index in [1.165, 1.54) is 0 Å².